The molecule has 0 aliphatic heterocycles. The summed E-state index contributed by atoms with van der Waals surface area (Å²) in [7, 11) is 0. The van der Waals surface area contributed by atoms with E-state index in [0.717, 1.165) is 29.5 Å². The molecule has 0 aromatic heterocycles. The van der Waals surface area contributed by atoms with Crippen LogP contribution in [-0.2, 0) is 4.79 Å². The Morgan fingerprint density at radius 3 is 2.70 bits per heavy atom. The molecule has 0 spiro atoms. The Morgan fingerprint density at radius 1 is 1.35 bits per heavy atom. The van der Waals surface area contributed by atoms with Gasteiger partial charge in [0.05, 0.1) is 12.2 Å². The van der Waals surface area contributed by atoms with Crippen molar-refractivity contribution in [2.75, 3.05) is 25.0 Å². The fourth-order valence-electron chi connectivity index (χ4n) is 1.92. The maximum Gasteiger partial charge on any atom is 0.238 e. The lowest BCUT2D eigenvalue weighted by Crippen LogP contribution is -2.35. The fraction of sp³-hybridized carbons (Fsp3) is 0.533. The van der Waals surface area contributed by atoms with E-state index in [9.17, 15) is 4.79 Å². The molecule has 0 atom stereocenters. The van der Waals surface area contributed by atoms with Crippen LogP contribution < -0.4 is 10.6 Å². The maximum absolute atomic E-state index is 11.8. The molecule has 4 nitrogen and oxygen atoms in total. The van der Waals surface area contributed by atoms with Crippen molar-refractivity contribution in [2.24, 2.45) is 5.41 Å². The third kappa shape index (κ3) is 6.50. The van der Waals surface area contributed by atoms with E-state index < -0.39 is 0 Å². The highest BCUT2D eigenvalue weighted by Crippen LogP contribution is 2.21. The van der Waals surface area contributed by atoms with Gasteiger partial charge in [0.2, 0.25) is 5.91 Å². The number of aliphatic hydroxyl groups is 1. The van der Waals surface area contributed by atoms with Crippen LogP contribution in [-0.4, -0.2) is 30.7 Å². The lowest BCUT2D eigenvalue weighted by molar-refractivity contribution is -0.115. The molecular formula is C15H23BrN2O2. The topological polar surface area (TPSA) is 61.4 Å². The van der Waals surface area contributed by atoms with Crippen LogP contribution in [0.2, 0.25) is 0 Å². The van der Waals surface area contributed by atoms with E-state index >= 15 is 0 Å². The highest BCUT2D eigenvalue weighted by molar-refractivity contribution is 9.10. The van der Waals surface area contributed by atoms with Crippen LogP contribution in [0.5, 0.6) is 0 Å². The first-order valence-corrected chi connectivity index (χ1v) is 7.60. The highest BCUT2D eigenvalue weighted by Gasteiger charge is 2.17. The van der Waals surface area contributed by atoms with Crippen molar-refractivity contribution in [1.29, 1.82) is 0 Å². The van der Waals surface area contributed by atoms with Crippen LogP contribution in [0.1, 0.15) is 26.7 Å². The molecule has 3 N–H and O–H groups in total. The number of carbonyl (C=O) groups excluding carboxylic acids is 1. The molecule has 0 heterocycles. The molecule has 0 aliphatic rings. The standard InChI is InChI=1S/C15H23BrN2O2/c1-15(2,8-5-9-19)11-17-10-14(20)18-13-7-4-3-6-12(13)16/h3-4,6-7,17,19H,5,8-11H2,1-2H3,(H,18,20). The van der Waals surface area contributed by atoms with E-state index in [2.05, 4.69) is 40.4 Å². The largest absolute Gasteiger partial charge is 0.396 e. The lowest BCUT2D eigenvalue weighted by atomic mass is 9.88. The molecule has 20 heavy (non-hydrogen) atoms. The molecule has 112 valence electrons. The average molecular weight is 343 g/mol. The van der Waals surface area contributed by atoms with Crippen LogP contribution in [0, 0.1) is 5.41 Å². The number of amides is 1. The third-order valence-electron chi connectivity index (χ3n) is 3.05. The zero-order valence-corrected chi connectivity index (χ0v) is 13.7. The minimum Gasteiger partial charge on any atom is -0.396 e. The van der Waals surface area contributed by atoms with E-state index in [-0.39, 0.29) is 24.5 Å². The summed E-state index contributed by atoms with van der Waals surface area (Å²) >= 11 is 3.39. The Bertz CT molecular complexity index is 436. The Morgan fingerprint density at radius 2 is 2.05 bits per heavy atom. The molecule has 1 rings (SSSR count). The molecule has 5 heteroatoms. The number of hydrogen-bond acceptors (Lipinski definition) is 3. The van der Waals surface area contributed by atoms with Crippen molar-refractivity contribution in [3.63, 3.8) is 0 Å². The van der Waals surface area contributed by atoms with Crippen molar-refractivity contribution in [3.8, 4) is 0 Å². The molecule has 0 saturated heterocycles. The minimum atomic E-state index is -0.0603. The molecule has 0 aliphatic carbocycles. The number of halogens is 1. The van der Waals surface area contributed by atoms with Gasteiger partial charge in [0.1, 0.15) is 0 Å². The first kappa shape index (κ1) is 17.1. The second kappa shape index (κ2) is 8.39. The summed E-state index contributed by atoms with van der Waals surface area (Å²) in [5.41, 5.74) is 0.856. The number of carbonyl (C=O) groups is 1. The highest BCUT2D eigenvalue weighted by atomic mass is 79.9. The number of aliphatic hydroxyl groups excluding tert-OH is 1. The SMILES string of the molecule is CC(C)(CCCO)CNCC(=O)Nc1ccccc1Br. The summed E-state index contributed by atoms with van der Waals surface area (Å²) < 4.78 is 0.872. The molecule has 0 fully saturated rings. The zero-order valence-electron chi connectivity index (χ0n) is 12.1. The van der Waals surface area contributed by atoms with Crippen molar-refractivity contribution in [1.82, 2.24) is 5.32 Å². The van der Waals surface area contributed by atoms with Gasteiger partial charge in [-0.25, -0.2) is 0 Å². The second-order valence-electron chi connectivity index (χ2n) is 5.62. The van der Waals surface area contributed by atoms with Gasteiger partial charge in [-0.2, -0.15) is 0 Å². The molecule has 1 amide bonds. The van der Waals surface area contributed by atoms with Gasteiger partial charge in [-0.05, 0) is 46.3 Å². The third-order valence-corrected chi connectivity index (χ3v) is 3.74. The molecule has 0 saturated carbocycles. The van der Waals surface area contributed by atoms with Crippen LogP contribution in [0.15, 0.2) is 28.7 Å². The van der Waals surface area contributed by atoms with Crippen LogP contribution in [0.4, 0.5) is 5.69 Å². The lowest BCUT2D eigenvalue weighted by Gasteiger charge is -2.24. The molecule has 0 unspecified atom stereocenters. The van der Waals surface area contributed by atoms with Crippen LogP contribution in [0.3, 0.4) is 0 Å². The van der Waals surface area contributed by atoms with Gasteiger partial charge >= 0.3 is 0 Å². The smallest absolute Gasteiger partial charge is 0.238 e. The summed E-state index contributed by atoms with van der Waals surface area (Å²) in [4.78, 5) is 11.8. The van der Waals surface area contributed by atoms with Crippen molar-refractivity contribution in [3.05, 3.63) is 28.7 Å². The maximum atomic E-state index is 11.8. The van der Waals surface area contributed by atoms with Crippen molar-refractivity contribution >= 4 is 27.5 Å². The number of rotatable bonds is 8. The predicted molar refractivity (Wildman–Crippen MR) is 85.7 cm³/mol. The van der Waals surface area contributed by atoms with E-state index in [0.29, 0.717) is 0 Å². The zero-order chi connectivity index (χ0) is 15.0. The van der Waals surface area contributed by atoms with E-state index in [4.69, 9.17) is 5.11 Å². The summed E-state index contributed by atoms with van der Waals surface area (Å²) in [6.45, 7) is 5.49. The van der Waals surface area contributed by atoms with Crippen LogP contribution in [0.25, 0.3) is 0 Å². The van der Waals surface area contributed by atoms with Gasteiger partial charge < -0.3 is 15.7 Å². The quantitative estimate of drug-likeness (QED) is 0.680. The van der Waals surface area contributed by atoms with E-state index in [1.54, 1.807) is 0 Å². The summed E-state index contributed by atoms with van der Waals surface area (Å²) in [6, 6.07) is 7.53. The molecule has 1 aromatic rings. The molecular weight excluding hydrogens is 320 g/mol. The Balaban J connectivity index is 2.32. The number of para-hydroxylation sites is 1. The number of hydrogen-bond donors (Lipinski definition) is 3. The van der Waals surface area contributed by atoms with Crippen molar-refractivity contribution in [2.45, 2.75) is 26.7 Å². The Labute approximate surface area is 129 Å². The predicted octanol–water partition coefficient (Wildman–Crippen LogP) is 2.78. The normalized spacial score (nSPS) is 11.4. The number of anilines is 1. The number of benzene rings is 1. The van der Waals surface area contributed by atoms with E-state index in [1.165, 1.54) is 0 Å². The first-order valence-electron chi connectivity index (χ1n) is 6.80. The van der Waals surface area contributed by atoms with Crippen molar-refractivity contribution < 1.29 is 9.90 Å². The Hall–Kier alpha value is -0.910. The van der Waals surface area contributed by atoms with E-state index in [1.807, 2.05) is 24.3 Å². The van der Waals surface area contributed by atoms with Gasteiger partial charge in [0.25, 0.3) is 0 Å². The van der Waals surface area contributed by atoms with Gasteiger partial charge in [-0.15, -0.1) is 0 Å². The summed E-state index contributed by atoms with van der Waals surface area (Å²) in [5, 5.41) is 14.9. The molecule has 0 bridgehead atoms. The summed E-state index contributed by atoms with van der Waals surface area (Å²) in [5.74, 6) is -0.0603. The first-order chi connectivity index (χ1) is 9.44. The molecule has 0 radical (unpaired) electrons. The summed E-state index contributed by atoms with van der Waals surface area (Å²) in [6.07, 6.45) is 1.72. The van der Waals surface area contributed by atoms with Gasteiger partial charge in [0, 0.05) is 17.6 Å². The van der Waals surface area contributed by atoms with Crippen LogP contribution >= 0.6 is 15.9 Å². The molecule has 1 aromatic carbocycles. The second-order valence-corrected chi connectivity index (χ2v) is 6.48. The minimum absolute atomic E-state index is 0.0603. The Kier molecular flexibility index (Phi) is 7.19. The average Bonchev–Trinajstić information content (AvgIpc) is 2.39. The van der Waals surface area contributed by atoms with Gasteiger partial charge in [-0.1, -0.05) is 26.0 Å². The van der Waals surface area contributed by atoms with Gasteiger partial charge in [0.15, 0.2) is 0 Å². The monoisotopic (exact) mass is 342 g/mol. The number of nitrogens with one attached hydrogen (secondary N) is 2. The fourth-order valence-corrected chi connectivity index (χ4v) is 2.30. The van der Waals surface area contributed by atoms with Gasteiger partial charge in [-0.3, -0.25) is 4.79 Å².